The monoisotopic (exact) mass is 466 g/mol. The summed E-state index contributed by atoms with van der Waals surface area (Å²) in [5.74, 6) is -1.00. The van der Waals surface area contributed by atoms with E-state index in [1.165, 1.54) is 6.07 Å². The zero-order valence-corrected chi connectivity index (χ0v) is 18.1. The Labute approximate surface area is 192 Å². The second-order valence-corrected chi connectivity index (χ2v) is 7.28. The number of halogens is 1. The van der Waals surface area contributed by atoms with E-state index < -0.39 is 30.5 Å². The van der Waals surface area contributed by atoms with Crippen molar-refractivity contribution in [1.82, 2.24) is 25.4 Å². The van der Waals surface area contributed by atoms with E-state index in [0.717, 1.165) is 4.80 Å². The number of anilines is 1. The lowest BCUT2D eigenvalue weighted by molar-refractivity contribution is -0.138. The number of ether oxygens (including phenoxy) is 1. The van der Waals surface area contributed by atoms with Crippen LogP contribution in [0.4, 0.5) is 14.9 Å². The number of carboxylic acid groups (broad SMARTS) is 1. The van der Waals surface area contributed by atoms with Crippen molar-refractivity contribution in [3.05, 3.63) is 65.6 Å². The van der Waals surface area contributed by atoms with Crippen LogP contribution in [0.5, 0.6) is 0 Å². The predicted octanol–water partition coefficient (Wildman–Crippen LogP) is 3.84. The van der Waals surface area contributed by atoms with E-state index in [0.29, 0.717) is 28.3 Å². The molecule has 2 heterocycles. The van der Waals surface area contributed by atoms with Crippen molar-refractivity contribution in [2.45, 2.75) is 26.5 Å². The molecule has 0 bridgehead atoms. The Morgan fingerprint density at radius 2 is 1.88 bits per heavy atom. The van der Waals surface area contributed by atoms with Gasteiger partial charge in [-0.25, -0.2) is 9.18 Å². The van der Waals surface area contributed by atoms with Crippen LogP contribution in [0.3, 0.4) is 0 Å². The molecule has 1 amide bonds. The van der Waals surface area contributed by atoms with Crippen LogP contribution in [-0.4, -0.2) is 42.5 Å². The maximum atomic E-state index is 14.0. The smallest absolute Gasteiger partial charge is 0.412 e. The Bertz CT molecular complexity index is 1330. The minimum absolute atomic E-state index is 0.254. The van der Waals surface area contributed by atoms with Crippen molar-refractivity contribution in [2.75, 3.05) is 5.32 Å². The maximum Gasteiger partial charge on any atom is 0.412 e. The van der Waals surface area contributed by atoms with Crippen LogP contribution in [-0.2, 0) is 16.1 Å². The Balaban J connectivity index is 1.49. The molecule has 0 saturated heterocycles. The third-order valence-corrected chi connectivity index (χ3v) is 4.85. The number of carbonyl (C=O) groups is 2. The molecule has 0 aliphatic heterocycles. The van der Waals surface area contributed by atoms with Gasteiger partial charge in [0.2, 0.25) is 5.82 Å². The van der Waals surface area contributed by atoms with Gasteiger partial charge >= 0.3 is 12.1 Å². The molecule has 0 radical (unpaired) electrons. The number of benzene rings is 2. The van der Waals surface area contributed by atoms with Gasteiger partial charge in [-0.2, -0.15) is 4.80 Å². The van der Waals surface area contributed by atoms with Crippen molar-refractivity contribution in [3.8, 4) is 22.7 Å². The summed E-state index contributed by atoms with van der Waals surface area (Å²) in [6.07, 6.45) is -1.61. The largest absolute Gasteiger partial charge is 0.480 e. The molecule has 0 aliphatic carbocycles. The van der Waals surface area contributed by atoms with E-state index in [1.807, 2.05) is 0 Å². The lowest BCUT2D eigenvalue weighted by Gasteiger charge is -2.15. The quantitative estimate of drug-likeness (QED) is 0.415. The number of carbonyl (C=O) groups excluding carboxylic acids is 1. The van der Waals surface area contributed by atoms with Crippen LogP contribution in [0, 0.1) is 12.7 Å². The molecule has 0 fully saturated rings. The molecule has 4 aromatic rings. The van der Waals surface area contributed by atoms with Gasteiger partial charge in [0.25, 0.3) is 0 Å². The molecule has 0 unspecified atom stereocenters. The number of tetrazole rings is 1. The predicted molar refractivity (Wildman–Crippen MR) is 116 cm³/mol. The number of aliphatic carboxylic acids is 1. The third-order valence-electron chi connectivity index (χ3n) is 4.85. The molecule has 2 N–H and O–H groups in total. The average molecular weight is 466 g/mol. The fourth-order valence-corrected chi connectivity index (χ4v) is 3.19. The highest BCUT2D eigenvalue weighted by Gasteiger charge is 2.21. The van der Waals surface area contributed by atoms with Gasteiger partial charge in [0.05, 0.1) is 0 Å². The second-order valence-electron chi connectivity index (χ2n) is 7.28. The Hall–Kier alpha value is -4.61. The van der Waals surface area contributed by atoms with E-state index in [2.05, 4.69) is 25.9 Å². The van der Waals surface area contributed by atoms with Crippen LogP contribution in [0.15, 0.2) is 53.1 Å². The van der Waals surface area contributed by atoms with Crippen molar-refractivity contribution >= 4 is 17.7 Å². The molecule has 2 aromatic carbocycles. The van der Waals surface area contributed by atoms with Gasteiger partial charge in [0, 0.05) is 16.7 Å². The van der Waals surface area contributed by atoms with Gasteiger partial charge in [-0.15, -0.1) is 10.2 Å². The van der Waals surface area contributed by atoms with E-state index >= 15 is 0 Å². The van der Waals surface area contributed by atoms with Crippen molar-refractivity contribution < 1.29 is 28.3 Å². The van der Waals surface area contributed by atoms with Crippen LogP contribution >= 0.6 is 0 Å². The minimum atomic E-state index is -1.08. The Morgan fingerprint density at radius 1 is 1.18 bits per heavy atom. The average Bonchev–Trinajstić information content (AvgIpc) is 3.40. The van der Waals surface area contributed by atoms with Gasteiger partial charge < -0.3 is 14.4 Å². The zero-order chi connectivity index (χ0) is 24.2. The number of nitrogens with zero attached hydrogens (tertiary/aromatic N) is 5. The molecular formula is C22H19FN6O5. The molecule has 12 heteroatoms. The summed E-state index contributed by atoms with van der Waals surface area (Å²) in [6.45, 7) is 2.82. The topological polar surface area (TPSA) is 145 Å². The first-order valence-electron chi connectivity index (χ1n) is 10.1. The number of amides is 1. The summed E-state index contributed by atoms with van der Waals surface area (Å²) in [7, 11) is 0. The fourth-order valence-electron chi connectivity index (χ4n) is 3.19. The number of carboxylic acids is 1. The number of hydrogen-bond donors (Lipinski definition) is 2. The summed E-state index contributed by atoms with van der Waals surface area (Å²) < 4.78 is 24.7. The molecule has 174 valence electrons. The van der Waals surface area contributed by atoms with Crippen LogP contribution in [0.1, 0.15) is 24.3 Å². The normalized spacial score (nSPS) is 11.7. The molecular weight excluding hydrogens is 447 g/mol. The fraction of sp³-hybridized carbons (Fsp3) is 0.182. The third kappa shape index (κ3) is 4.90. The van der Waals surface area contributed by atoms with Gasteiger partial charge in [0.15, 0.2) is 12.3 Å². The van der Waals surface area contributed by atoms with Crippen molar-refractivity contribution in [2.24, 2.45) is 0 Å². The van der Waals surface area contributed by atoms with Gasteiger partial charge in [-0.3, -0.25) is 10.1 Å². The minimum Gasteiger partial charge on any atom is -0.480 e. The number of nitrogens with one attached hydrogen (secondary N) is 1. The molecule has 2 aromatic heterocycles. The van der Waals surface area contributed by atoms with Crippen molar-refractivity contribution in [3.63, 3.8) is 0 Å². The summed E-state index contributed by atoms with van der Waals surface area (Å²) in [5, 5.41) is 26.9. The molecule has 0 aliphatic rings. The SMILES string of the molecule is Cc1noc(-c2ccc(-c3nnn(CC(=O)O)n3)cc2)c1NC(=O)O[C@H](C)c1ccccc1F. The first-order valence-corrected chi connectivity index (χ1v) is 10.1. The summed E-state index contributed by atoms with van der Waals surface area (Å²) in [6, 6.07) is 12.8. The van der Waals surface area contributed by atoms with Crippen LogP contribution in [0.25, 0.3) is 22.7 Å². The summed E-state index contributed by atoms with van der Waals surface area (Å²) >= 11 is 0. The highest BCUT2D eigenvalue weighted by molar-refractivity contribution is 5.91. The first kappa shape index (κ1) is 22.6. The maximum absolute atomic E-state index is 14.0. The standard InChI is InChI=1S/C22H19FN6O5/c1-12-19(24-22(32)33-13(2)16-5-3-4-6-17(16)23)20(34-27-12)14-7-9-15(10-8-14)21-25-28-29(26-21)11-18(30)31/h3-10,13H,11H2,1-2H3,(H,24,32)(H,30,31)/t13-/m1/s1. The Morgan fingerprint density at radius 3 is 2.59 bits per heavy atom. The van der Waals surface area contributed by atoms with Gasteiger partial charge in [-0.05, 0) is 25.1 Å². The number of hydrogen-bond acceptors (Lipinski definition) is 8. The highest BCUT2D eigenvalue weighted by Crippen LogP contribution is 2.32. The number of aryl methyl sites for hydroxylation is 1. The molecule has 0 spiro atoms. The van der Waals surface area contributed by atoms with Gasteiger partial charge in [0.1, 0.15) is 23.3 Å². The second kappa shape index (κ2) is 9.48. The Kier molecular flexibility index (Phi) is 6.30. The lowest BCUT2D eigenvalue weighted by atomic mass is 10.1. The number of rotatable bonds is 7. The van der Waals surface area contributed by atoms with E-state index in [9.17, 15) is 14.0 Å². The molecule has 11 nitrogen and oxygen atoms in total. The summed E-state index contributed by atoms with van der Waals surface area (Å²) in [5.41, 5.74) is 2.19. The summed E-state index contributed by atoms with van der Waals surface area (Å²) in [4.78, 5) is 24.2. The molecule has 34 heavy (non-hydrogen) atoms. The number of aromatic nitrogens is 5. The van der Waals surface area contributed by atoms with Gasteiger partial charge in [-0.1, -0.05) is 47.6 Å². The van der Waals surface area contributed by atoms with E-state index in [-0.39, 0.29) is 11.4 Å². The molecule has 0 saturated carbocycles. The van der Waals surface area contributed by atoms with Crippen LogP contribution < -0.4 is 5.32 Å². The van der Waals surface area contributed by atoms with E-state index in [1.54, 1.807) is 56.3 Å². The molecule has 4 rings (SSSR count). The van der Waals surface area contributed by atoms with E-state index in [4.69, 9.17) is 14.4 Å². The van der Waals surface area contributed by atoms with Crippen LogP contribution in [0.2, 0.25) is 0 Å². The van der Waals surface area contributed by atoms with Crippen molar-refractivity contribution in [1.29, 1.82) is 0 Å². The first-order chi connectivity index (χ1) is 16.3. The zero-order valence-electron chi connectivity index (χ0n) is 18.1. The highest BCUT2D eigenvalue weighted by atomic mass is 19.1. The lowest BCUT2D eigenvalue weighted by Crippen LogP contribution is -2.17. The molecule has 1 atom stereocenters.